The summed E-state index contributed by atoms with van der Waals surface area (Å²) in [5.74, 6) is -0.225. The maximum atomic E-state index is 12.7. The first-order valence-corrected chi connectivity index (χ1v) is 10.4. The molecule has 2 aromatic heterocycles. The summed E-state index contributed by atoms with van der Waals surface area (Å²) in [5.41, 5.74) is 4.79. The second kappa shape index (κ2) is 7.73. The van der Waals surface area contributed by atoms with Crippen molar-refractivity contribution in [3.63, 3.8) is 0 Å². The first-order chi connectivity index (χ1) is 14.7. The summed E-state index contributed by atoms with van der Waals surface area (Å²) < 4.78 is 11.6. The molecule has 0 bridgehead atoms. The maximum absolute atomic E-state index is 12.7. The summed E-state index contributed by atoms with van der Waals surface area (Å²) in [5, 5.41) is 4.67. The zero-order chi connectivity index (χ0) is 22.3. The van der Waals surface area contributed by atoms with Gasteiger partial charge in [-0.05, 0) is 42.0 Å². The van der Waals surface area contributed by atoms with Crippen LogP contribution in [0.15, 0.2) is 56.3 Å². The van der Waals surface area contributed by atoms with Gasteiger partial charge in [0.05, 0.1) is 23.6 Å². The number of carbonyl (C=O) groups is 1. The third kappa shape index (κ3) is 3.88. The number of rotatable bonds is 4. The van der Waals surface area contributed by atoms with Crippen molar-refractivity contribution >= 4 is 27.8 Å². The number of hydrogen-bond acceptors (Lipinski definition) is 4. The van der Waals surface area contributed by atoms with E-state index >= 15 is 0 Å². The molecule has 0 aliphatic carbocycles. The lowest BCUT2D eigenvalue weighted by molar-refractivity contribution is -0.120. The first kappa shape index (κ1) is 20.9. The highest BCUT2D eigenvalue weighted by Gasteiger charge is 2.25. The van der Waals surface area contributed by atoms with E-state index in [1.807, 2.05) is 50.2 Å². The van der Waals surface area contributed by atoms with Crippen LogP contribution in [0.5, 0.6) is 0 Å². The van der Waals surface area contributed by atoms with Gasteiger partial charge in [0.1, 0.15) is 11.2 Å². The second-order valence-electron chi connectivity index (χ2n) is 9.10. The SMILES string of the molecule is Cc1cc2oc(=O)c(CC(=O)NCc3ccccc3)c(C)c2c2occ(C(C)(C)C)c12. The van der Waals surface area contributed by atoms with E-state index in [2.05, 4.69) is 26.1 Å². The van der Waals surface area contributed by atoms with E-state index < -0.39 is 5.63 Å². The van der Waals surface area contributed by atoms with Crippen LogP contribution in [0.4, 0.5) is 0 Å². The molecule has 0 saturated carbocycles. The number of fused-ring (bicyclic) bond motifs is 3. The zero-order valence-corrected chi connectivity index (χ0v) is 18.6. The summed E-state index contributed by atoms with van der Waals surface area (Å²) in [4.78, 5) is 25.3. The predicted octanol–water partition coefficient (Wildman–Crippen LogP) is 5.31. The molecule has 4 rings (SSSR count). The van der Waals surface area contributed by atoms with Gasteiger partial charge in [-0.1, -0.05) is 51.1 Å². The molecule has 5 nitrogen and oxygen atoms in total. The molecule has 0 spiro atoms. The number of hydrogen-bond donors (Lipinski definition) is 1. The number of aryl methyl sites for hydroxylation is 2. The third-order valence-electron chi connectivity index (χ3n) is 5.76. The largest absolute Gasteiger partial charge is 0.463 e. The molecule has 160 valence electrons. The van der Waals surface area contributed by atoms with Crippen LogP contribution < -0.4 is 10.9 Å². The molecule has 1 amide bonds. The quantitative estimate of drug-likeness (QED) is 0.457. The highest BCUT2D eigenvalue weighted by atomic mass is 16.4. The van der Waals surface area contributed by atoms with Gasteiger partial charge in [-0.3, -0.25) is 4.79 Å². The fourth-order valence-electron chi connectivity index (χ4n) is 4.06. The van der Waals surface area contributed by atoms with Crippen LogP contribution >= 0.6 is 0 Å². The van der Waals surface area contributed by atoms with E-state index in [9.17, 15) is 9.59 Å². The molecule has 4 aromatic rings. The molecule has 0 aliphatic heterocycles. The van der Waals surface area contributed by atoms with Gasteiger partial charge < -0.3 is 14.2 Å². The summed E-state index contributed by atoms with van der Waals surface area (Å²) >= 11 is 0. The fraction of sp³-hybridized carbons (Fsp3) is 0.308. The Hall–Kier alpha value is -3.34. The summed E-state index contributed by atoms with van der Waals surface area (Å²) in [6.07, 6.45) is 1.74. The lowest BCUT2D eigenvalue weighted by Gasteiger charge is -2.17. The van der Waals surface area contributed by atoms with Crippen LogP contribution in [0.2, 0.25) is 0 Å². The van der Waals surface area contributed by atoms with Crippen molar-refractivity contribution in [2.45, 2.75) is 53.0 Å². The first-order valence-electron chi connectivity index (χ1n) is 10.4. The van der Waals surface area contributed by atoms with Crippen LogP contribution in [0.1, 0.15) is 48.6 Å². The highest BCUT2D eigenvalue weighted by Crippen LogP contribution is 2.38. The van der Waals surface area contributed by atoms with Crippen LogP contribution in [0, 0.1) is 13.8 Å². The van der Waals surface area contributed by atoms with E-state index in [0.29, 0.717) is 23.3 Å². The van der Waals surface area contributed by atoms with Gasteiger partial charge in [-0.15, -0.1) is 0 Å². The van der Waals surface area contributed by atoms with E-state index in [0.717, 1.165) is 33.0 Å². The molecule has 0 unspecified atom stereocenters. The van der Waals surface area contributed by atoms with E-state index in [-0.39, 0.29) is 17.7 Å². The Morgan fingerprint density at radius 3 is 2.45 bits per heavy atom. The third-order valence-corrected chi connectivity index (χ3v) is 5.76. The van der Waals surface area contributed by atoms with Gasteiger partial charge in [0.2, 0.25) is 5.91 Å². The molecule has 0 aliphatic rings. The van der Waals surface area contributed by atoms with Gasteiger partial charge in [-0.2, -0.15) is 0 Å². The monoisotopic (exact) mass is 417 g/mol. The Labute approximate surface area is 181 Å². The molecule has 31 heavy (non-hydrogen) atoms. The number of carbonyl (C=O) groups excluding carboxylic acids is 1. The molecule has 0 saturated heterocycles. The minimum atomic E-state index is -0.485. The average molecular weight is 418 g/mol. The molecule has 2 heterocycles. The van der Waals surface area contributed by atoms with Crippen molar-refractivity contribution in [3.05, 3.63) is 80.9 Å². The Balaban J connectivity index is 1.75. The molecule has 2 aromatic carbocycles. The van der Waals surface area contributed by atoms with Gasteiger partial charge in [-0.25, -0.2) is 4.79 Å². The average Bonchev–Trinajstić information content (AvgIpc) is 3.16. The standard InChI is InChI=1S/C26H27NO4/c1-15-11-20-23(24-22(15)19(14-30-24)26(3,4)5)16(2)18(25(29)31-20)12-21(28)27-13-17-9-7-6-8-10-17/h6-11,14H,12-13H2,1-5H3,(H,27,28). The highest BCUT2D eigenvalue weighted by molar-refractivity contribution is 6.07. The normalized spacial score (nSPS) is 11.9. The van der Waals surface area contributed by atoms with Crippen molar-refractivity contribution in [3.8, 4) is 0 Å². The Morgan fingerprint density at radius 1 is 1.06 bits per heavy atom. The van der Waals surface area contributed by atoms with Crippen LogP contribution in [0.25, 0.3) is 21.9 Å². The second-order valence-corrected chi connectivity index (χ2v) is 9.10. The number of benzene rings is 2. The van der Waals surface area contributed by atoms with Crippen LogP contribution in [-0.2, 0) is 23.2 Å². The molecular weight excluding hydrogens is 390 g/mol. The summed E-state index contributed by atoms with van der Waals surface area (Å²) in [7, 11) is 0. The van der Waals surface area contributed by atoms with E-state index in [1.165, 1.54) is 0 Å². The van der Waals surface area contributed by atoms with Crippen molar-refractivity contribution in [2.75, 3.05) is 0 Å². The molecule has 5 heteroatoms. The topological polar surface area (TPSA) is 72.5 Å². The smallest absolute Gasteiger partial charge is 0.340 e. The Bertz CT molecular complexity index is 1340. The summed E-state index contributed by atoms with van der Waals surface area (Å²) in [6, 6.07) is 11.5. The summed E-state index contributed by atoms with van der Waals surface area (Å²) in [6.45, 7) is 10.7. The molecule has 0 radical (unpaired) electrons. The predicted molar refractivity (Wildman–Crippen MR) is 122 cm³/mol. The maximum Gasteiger partial charge on any atom is 0.340 e. The van der Waals surface area contributed by atoms with Gasteiger partial charge in [0.15, 0.2) is 0 Å². The molecule has 0 atom stereocenters. The van der Waals surface area contributed by atoms with Gasteiger partial charge in [0, 0.05) is 17.5 Å². The van der Waals surface area contributed by atoms with Crippen molar-refractivity contribution in [2.24, 2.45) is 0 Å². The number of furan rings is 1. The Morgan fingerprint density at radius 2 is 1.77 bits per heavy atom. The minimum Gasteiger partial charge on any atom is -0.463 e. The van der Waals surface area contributed by atoms with E-state index in [4.69, 9.17) is 8.83 Å². The zero-order valence-electron chi connectivity index (χ0n) is 18.6. The molecular formula is C26H27NO4. The van der Waals surface area contributed by atoms with E-state index in [1.54, 1.807) is 6.26 Å². The number of amides is 1. The van der Waals surface area contributed by atoms with Gasteiger partial charge >= 0.3 is 5.63 Å². The van der Waals surface area contributed by atoms with Crippen molar-refractivity contribution in [1.29, 1.82) is 0 Å². The van der Waals surface area contributed by atoms with Crippen LogP contribution in [-0.4, -0.2) is 5.91 Å². The lowest BCUT2D eigenvalue weighted by Crippen LogP contribution is -2.27. The fourth-order valence-corrected chi connectivity index (χ4v) is 4.06. The van der Waals surface area contributed by atoms with Crippen molar-refractivity contribution in [1.82, 2.24) is 5.32 Å². The number of nitrogens with one attached hydrogen (secondary N) is 1. The molecule has 1 N–H and O–H groups in total. The lowest BCUT2D eigenvalue weighted by atomic mass is 9.85. The van der Waals surface area contributed by atoms with Gasteiger partial charge in [0.25, 0.3) is 0 Å². The van der Waals surface area contributed by atoms with Crippen molar-refractivity contribution < 1.29 is 13.6 Å². The van der Waals surface area contributed by atoms with Crippen LogP contribution in [0.3, 0.4) is 0 Å². The minimum absolute atomic E-state index is 0.0425. The Kier molecular flexibility index (Phi) is 5.21. The molecule has 0 fully saturated rings.